The van der Waals surface area contributed by atoms with Crippen LogP contribution in [0.5, 0.6) is 0 Å². The third kappa shape index (κ3) is 3.23. The Morgan fingerprint density at radius 2 is 1.85 bits per heavy atom. The number of hydrogen-bond donors (Lipinski definition) is 2. The zero-order valence-electron chi connectivity index (χ0n) is 13.5. The number of rotatable bonds is 5. The van der Waals surface area contributed by atoms with Crippen molar-refractivity contribution in [3.8, 4) is 0 Å². The Morgan fingerprint density at radius 3 is 2.20 bits per heavy atom. The Kier molecular flexibility index (Phi) is 4.71. The first-order valence-corrected chi connectivity index (χ1v) is 10.0. The van der Waals surface area contributed by atoms with Gasteiger partial charge in [-0.3, -0.25) is 9.59 Å². The normalized spacial score (nSPS) is 26.4. The summed E-state index contributed by atoms with van der Waals surface area (Å²) < 4.78 is 6.22. The van der Waals surface area contributed by atoms with E-state index in [1.807, 2.05) is 6.92 Å². The van der Waals surface area contributed by atoms with E-state index in [1.54, 1.807) is 6.92 Å². The van der Waals surface area contributed by atoms with Gasteiger partial charge in [0, 0.05) is 0 Å². The highest BCUT2D eigenvalue weighted by atomic mass is 28.4. The van der Waals surface area contributed by atoms with E-state index in [0.29, 0.717) is 0 Å². The maximum atomic E-state index is 11.8. The Hall–Kier alpha value is -0.883. The summed E-state index contributed by atoms with van der Waals surface area (Å²) in [5, 5.41) is 11.8. The predicted molar refractivity (Wildman–Crippen MR) is 80.0 cm³/mol. The number of carboxylic acids is 1. The van der Waals surface area contributed by atoms with Gasteiger partial charge in [0.15, 0.2) is 8.32 Å². The summed E-state index contributed by atoms with van der Waals surface area (Å²) in [6.07, 6.45) is -0.253. The van der Waals surface area contributed by atoms with E-state index in [2.05, 4.69) is 39.2 Å². The number of hydrogen-bond acceptors (Lipinski definition) is 3. The van der Waals surface area contributed by atoms with Crippen molar-refractivity contribution in [2.75, 3.05) is 0 Å². The summed E-state index contributed by atoms with van der Waals surface area (Å²) >= 11 is 0. The number of aliphatic carboxylic acids is 1. The average Bonchev–Trinajstić information content (AvgIpc) is 2.21. The smallest absolute Gasteiger partial charge is 0.308 e. The van der Waals surface area contributed by atoms with Gasteiger partial charge in [-0.15, -0.1) is 0 Å². The average molecular weight is 301 g/mol. The van der Waals surface area contributed by atoms with Crippen molar-refractivity contribution in [1.29, 1.82) is 0 Å². The molecule has 0 saturated carbocycles. The summed E-state index contributed by atoms with van der Waals surface area (Å²) in [5.74, 6) is -1.95. The lowest BCUT2D eigenvalue weighted by Crippen LogP contribution is -2.66. The van der Waals surface area contributed by atoms with Crippen LogP contribution in [0.2, 0.25) is 18.1 Å². The summed E-state index contributed by atoms with van der Waals surface area (Å²) in [7, 11) is -1.96. The van der Waals surface area contributed by atoms with Gasteiger partial charge in [-0.05, 0) is 32.0 Å². The first kappa shape index (κ1) is 17.2. The molecule has 0 aliphatic carbocycles. The topological polar surface area (TPSA) is 75.6 Å². The Morgan fingerprint density at radius 1 is 1.35 bits per heavy atom. The van der Waals surface area contributed by atoms with Crippen LogP contribution >= 0.6 is 0 Å². The molecule has 1 aliphatic heterocycles. The fraction of sp³-hybridized carbons (Fsp3) is 0.857. The second-order valence-corrected chi connectivity index (χ2v) is 12.0. The zero-order chi connectivity index (χ0) is 15.9. The number of β-lactam (4-membered cyclic amide) rings is 1. The SMILES string of the molecule is C[C@H](O[Si](C)(C)C(C)(C)C)[C@@H]1C(=O)N[C@H]1[C@H](C)C(=O)O. The fourth-order valence-corrected chi connectivity index (χ4v) is 3.66. The van der Waals surface area contributed by atoms with Gasteiger partial charge in [0.2, 0.25) is 5.91 Å². The first-order valence-electron chi connectivity index (χ1n) is 7.09. The molecule has 1 saturated heterocycles. The quantitative estimate of drug-likeness (QED) is 0.603. The zero-order valence-corrected chi connectivity index (χ0v) is 14.5. The maximum Gasteiger partial charge on any atom is 0.308 e. The summed E-state index contributed by atoms with van der Waals surface area (Å²) in [4.78, 5) is 22.8. The summed E-state index contributed by atoms with van der Waals surface area (Å²) in [6, 6.07) is -0.334. The molecule has 1 heterocycles. The monoisotopic (exact) mass is 301 g/mol. The molecule has 0 unspecified atom stereocenters. The largest absolute Gasteiger partial charge is 0.481 e. The molecular weight excluding hydrogens is 274 g/mol. The molecule has 6 heteroatoms. The van der Waals surface area contributed by atoms with Crippen molar-refractivity contribution in [3.63, 3.8) is 0 Å². The minimum absolute atomic E-state index is 0.0649. The lowest BCUT2D eigenvalue weighted by atomic mass is 9.79. The molecule has 0 radical (unpaired) electrons. The van der Waals surface area contributed by atoms with E-state index >= 15 is 0 Å². The maximum absolute atomic E-state index is 11.8. The third-order valence-corrected chi connectivity index (χ3v) is 9.29. The van der Waals surface area contributed by atoms with Gasteiger partial charge in [-0.25, -0.2) is 0 Å². The molecule has 0 aromatic rings. The summed E-state index contributed by atoms with van der Waals surface area (Å²) in [5.41, 5.74) is 0. The van der Waals surface area contributed by atoms with Gasteiger partial charge < -0.3 is 14.8 Å². The van der Waals surface area contributed by atoms with E-state index in [4.69, 9.17) is 9.53 Å². The molecule has 1 rings (SSSR count). The third-order valence-electron chi connectivity index (χ3n) is 4.72. The van der Waals surface area contributed by atoms with Crippen molar-refractivity contribution in [2.24, 2.45) is 11.8 Å². The van der Waals surface area contributed by atoms with Crippen LogP contribution in [-0.2, 0) is 14.0 Å². The molecule has 4 atom stereocenters. The van der Waals surface area contributed by atoms with E-state index in [1.165, 1.54) is 0 Å². The van der Waals surface area contributed by atoms with Gasteiger partial charge >= 0.3 is 5.97 Å². The minimum atomic E-state index is -1.96. The number of carboxylic acid groups (broad SMARTS) is 1. The first-order chi connectivity index (χ1) is 8.88. The van der Waals surface area contributed by atoms with Crippen molar-refractivity contribution >= 4 is 20.2 Å². The molecule has 116 valence electrons. The molecule has 2 N–H and O–H groups in total. The van der Waals surface area contributed by atoms with Crippen LogP contribution < -0.4 is 5.32 Å². The van der Waals surface area contributed by atoms with Crippen LogP contribution in [0.4, 0.5) is 0 Å². The van der Waals surface area contributed by atoms with Gasteiger partial charge in [0.05, 0.1) is 24.0 Å². The number of nitrogens with one attached hydrogen (secondary N) is 1. The van der Waals surface area contributed by atoms with E-state index < -0.39 is 20.2 Å². The Balaban J connectivity index is 2.78. The van der Waals surface area contributed by atoms with Crippen molar-refractivity contribution in [3.05, 3.63) is 0 Å². The van der Waals surface area contributed by atoms with Crippen LogP contribution in [0.25, 0.3) is 0 Å². The highest BCUT2D eigenvalue weighted by Crippen LogP contribution is 2.39. The standard InChI is InChI=1S/C14H27NO4Si/c1-8(13(17)18)11-10(12(16)15-11)9(2)19-20(6,7)14(3,4)5/h8-11H,1-7H3,(H,15,16)(H,17,18)/t8-,9-,10-,11-/m0/s1. The summed E-state index contributed by atoms with van der Waals surface area (Å²) in [6.45, 7) is 14.2. The second-order valence-electron chi connectivity index (χ2n) is 7.27. The van der Waals surface area contributed by atoms with Gasteiger partial charge in [-0.2, -0.15) is 0 Å². The molecule has 1 aliphatic rings. The van der Waals surface area contributed by atoms with Gasteiger partial charge in [0.25, 0.3) is 0 Å². The molecular formula is C14H27NO4Si. The van der Waals surface area contributed by atoms with E-state index in [0.717, 1.165) is 0 Å². The number of amides is 1. The molecule has 0 bridgehead atoms. The van der Waals surface area contributed by atoms with Gasteiger partial charge in [0.1, 0.15) is 0 Å². The van der Waals surface area contributed by atoms with Crippen molar-refractivity contribution in [1.82, 2.24) is 5.32 Å². The van der Waals surface area contributed by atoms with Crippen LogP contribution in [0.1, 0.15) is 34.6 Å². The predicted octanol–water partition coefficient (Wildman–Crippen LogP) is 2.23. The molecule has 20 heavy (non-hydrogen) atoms. The lowest BCUT2D eigenvalue weighted by Gasteiger charge is -2.46. The molecule has 0 spiro atoms. The Bertz CT molecular complexity index is 402. The molecule has 0 aromatic heterocycles. The molecule has 1 fully saturated rings. The van der Waals surface area contributed by atoms with Crippen LogP contribution in [-0.4, -0.2) is 37.4 Å². The fourth-order valence-electron chi connectivity index (χ4n) is 2.23. The van der Waals surface area contributed by atoms with E-state index in [9.17, 15) is 9.59 Å². The van der Waals surface area contributed by atoms with Crippen LogP contribution in [0, 0.1) is 11.8 Å². The van der Waals surface area contributed by atoms with E-state index in [-0.39, 0.29) is 29.0 Å². The van der Waals surface area contributed by atoms with Crippen LogP contribution in [0.3, 0.4) is 0 Å². The highest BCUT2D eigenvalue weighted by Gasteiger charge is 2.50. The van der Waals surface area contributed by atoms with Crippen molar-refractivity contribution < 1.29 is 19.1 Å². The number of carbonyl (C=O) groups is 2. The minimum Gasteiger partial charge on any atom is -0.481 e. The molecule has 1 amide bonds. The highest BCUT2D eigenvalue weighted by molar-refractivity contribution is 6.74. The van der Waals surface area contributed by atoms with Crippen molar-refractivity contribution in [2.45, 2.75) is 64.9 Å². The van der Waals surface area contributed by atoms with Gasteiger partial charge in [-0.1, -0.05) is 20.8 Å². The second kappa shape index (κ2) is 5.48. The molecule has 0 aromatic carbocycles. The van der Waals surface area contributed by atoms with Crippen LogP contribution in [0.15, 0.2) is 0 Å². The number of carbonyl (C=O) groups excluding carboxylic acids is 1. The molecule has 5 nitrogen and oxygen atoms in total. The lowest BCUT2D eigenvalue weighted by molar-refractivity contribution is -0.151. The Labute approximate surface area is 122 Å².